The minimum Gasteiger partial charge on any atom is -0.385 e. The van der Waals surface area contributed by atoms with Crippen molar-refractivity contribution in [2.75, 3.05) is 11.9 Å². The van der Waals surface area contributed by atoms with Crippen LogP contribution in [0.2, 0.25) is 0 Å². The van der Waals surface area contributed by atoms with Gasteiger partial charge in [-0.3, -0.25) is 0 Å². The lowest BCUT2D eigenvalue weighted by atomic mass is 10.2. The maximum Gasteiger partial charge on any atom is 0.140 e. The molecule has 1 unspecified atom stereocenters. The Labute approximate surface area is 182 Å². The predicted octanol–water partition coefficient (Wildman–Crippen LogP) is 6.36. The molecule has 0 saturated heterocycles. The van der Waals surface area contributed by atoms with Crippen molar-refractivity contribution >= 4 is 20.2 Å². The number of benzene rings is 2. The fraction of sp³-hybridized carbons (Fsp3) is 0.320. The van der Waals surface area contributed by atoms with Crippen molar-refractivity contribution in [1.82, 2.24) is 9.55 Å². The zero-order valence-corrected chi connectivity index (χ0v) is 19.6. The van der Waals surface area contributed by atoms with Gasteiger partial charge in [0.25, 0.3) is 0 Å². The molecule has 0 radical (unpaired) electrons. The first-order valence-electron chi connectivity index (χ1n) is 10.5. The highest BCUT2D eigenvalue weighted by atomic mass is 31.0. The van der Waals surface area contributed by atoms with E-state index in [-0.39, 0.29) is 5.82 Å². The predicted molar refractivity (Wildman–Crippen MR) is 131 cm³/mol. The van der Waals surface area contributed by atoms with Crippen molar-refractivity contribution < 1.29 is 4.39 Å². The lowest BCUT2D eigenvalue weighted by molar-refractivity contribution is 0.628. The van der Waals surface area contributed by atoms with Gasteiger partial charge in [0.2, 0.25) is 0 Å². The molecule has 0 spiro atoms. The average Bonchev–Trinajstić information content (AvgIpc) is 3.21. The zero-order valence-electron chi connectivity index (χ0n) is 18.5. The van der Waals surface area contributed by atoms with Crippen molar-refractivity contribution in [3.8, 4) is 11.4 Å². The molecule has 1 aromatic heterocycles. The van der Waals surface area contributed by atoms with Crippen LogP contribution in [-0.4, -0.2) is 16.1 Å². The van der Waals surface area contributed by atoms with Crippen molar-refractivity contribution in [1.29, 1.82) is 0 Å². The van der Waals surface area contributed by atoms with Crippen LogP contribution < -0.4 is 10.6 Å². The maximum atomic E-state index is 12.9. The standard InChI is InChI=1S/C15H17FN2.C10H16NP/c1-3-12(2)8-10-18-11-9-17-15(18)13-4-6-14(16)7-5-13;1-3-6-11-10-5-4-9(12)7-8(10)2/h4-9,11H,3,10H2,1-2H3;4-5,7,11H,3,6,12H2,1-2H3. The summed E-state index contributed by atoms with van der Waals surface area (Å²) in [7, 11) is 2.71. The number of nitrogens with one attached hydrogen (secondary N) is 1. The summed E-state index contributed by atoms with van der Waals surface area (Å²) in [4.78, 5) is 4.33. The normalized spacial score (nSPS) is 11.1. The number of nitrogens with zero attached hydrogens (tertiary/aromatic N) is 2. The van der Waals surface area contributed by atoms with Crippen LogP contribution >= 0.6 is 9.24 Å². The first-order chi connectivity index (χ1) is 14.4. The molecular formula is C25H33FN3P. The molecule has 3 aromatic rings. The van der Waals surface area contributed by atoms with Crippen LogP contribution in [0.25, 0.3) is 11.4 Å². The van der Waals surface area contributed by atoms with Crippen molar-refractivity contribution in [2.24, 2.45) is 0 Å². The zero-order chi connectivity index (χ0) is 21.9. The summed E-state index contributed by atoms with van der Waals surface area (Å²) in [5.41, 5.74) is 4.86. The molecule has 0 bridgehead atoms. The quantitative estimate of drug-likeness (QED) is 0.352. The monoisotopic (exact) mass is 425 g/mol. The molecule has 0 aliphatic heterocycles. The molecule has 0 aliphatic rings. The molecule has 30 heavy (non-hydrogen) atoms. The highest BCUT2D eigenvalue weighted by Crippen LogP contribution is 2.18. The van der Waals surface area contributed by atoms with Crippen LogP contribution in [0.15, 0.2) is 66.5 Å². The van der Waals surface area contributed by atoms with Gasteiger partial charge in [0.05, 0.1) is 0 Å². The molecule has 0 saturated carbocycles. The van der Waals surface area contributed by atoms with Gasteiger partial charge in [-0.25, -0.2) is 9.37 Å². The summed E-state index contributed by atoms with van der Waals surface area (Å²) in [6.45, 7) is 10.4. The number of allylic oxidation sites excluding steroid dienone is 2. The SMILES string of the molecule is CCC(C)=CCn1ccnc1-c1ccc(F)cc1.CCCNc1ccc(P)cc1C. The highest BCUT2D eigenvalue weighted by molar-refractivity contribution is 7.27. The summed E-state index contributed by atoms with van der Waals surface area (Å²) in [6, 6.07) is 12.8. The Hall–Kier alpha value is -2.45. The van der Waals surface area contributed by atoms with E-state index in [1.165, 1.54) is 40.7 Å². The Kier molecular flexibility index (Phi) is 9.76. The third-order valence-electron chi connectivity index (χ3n) is 4.83. The number of imidazole rings is 1. The highest BCUT2D eigenvalue weighted by Gasteiger charge is 2.04. The molecule has 0 fully saturated rings. The van der Waals surface area contributed by atoms with Gasteiger partial charge in [-0.2, -0.15) is 0 Å². The van der Waals surface area contributed by atoms with E-state index in [1.807, 2.05) is 6.20 Å². The Morgan fingerprint density at radius 1 is 1.17 bits per heavy atom. The lowest BCUT2D eigenvalue weighted by Crippen LogP contribution is -2.03. The van der Waals surface area contributed by atoms with Gasteiger partial charge in [0, 0.05) is 36.7 Å². The third-order valence-corrected chi connectivity index (χ3v) is 5.19. The first-order valence-corrected chi connectivity index (χ1v) is 11.0. The number of aryl methyl sites for hydroxylation is 1. The third kappa shape index (κ3) is 7.42. The molecule has 3 rings (SSSR count). The summed E-state index contributed by atoms with van der Waals surface area (Å²) in [5, 5.41) is 4.63. The number of anilines is 1. The van der Waals surface area contributed by atoms with Crippen LogP contribution in [0.5, 0.6) is 0 Å². The Morgan fingerprint density at radius 3 is 2.53 bits per heavy atom. The van der Waals surface area contributed by atoms with E-state index in [4.69, 9.17) is 0 Å². The molecular weight excluding hydrogens is 392 g/mol. The number of aromatic nitrogens is 2. The fourth-order valence-corrected chi connectivity index (χ4v) is 3.21. The molecule has 160 valence electrons. The summed E-state index contributed by atoms with van der Waals surface area (Å²) in [6.07, 6.45) is 8.13. The number of hydrogen-bond donors (Lipinski definition) is 1. The summed E-state index contributed by atoms with van der Waals surface area (Å²) < 4.78 is 15.0. The van der Waals surface area contributed by atoms with E-state index in [1.54, 1.807) is 18.3 Å². The minimum atomic E-state index is -0.224. The Balaban J connectivity index is 0.000000232. The second-order valence-corrected chi connectivity index (χ2v) is 7.98. The molecule has 1 heterocycles. The summed E-state index contributed by atoms with van der Waals surface area (Å²) >= 11 is 0. The van der Waals surface area contributed by atoms with Crippen molar-refractivity contribution in [3.63, 3.8) is 0 Å². The average molecular weight is 426 g/mol. The Morgan fingerprint density at radius 2 is 1.90 bits per heavy atom. The topological polar surface area (TPSA) is 29.9 Å². The van der Waals surface area contributed by atoms with Gasteiger partial charge in [-0.1, -0.05) is 37.6 Å². The van der Waals surface area contributed by atoms with E-state index in [9.17, 15) is 4.39 Å². The smallest absolute Gasteiger partial charge is 0.140 e. The molecule has 2 aromatic carbocycles. The van der Waals surface area contributed by atoms with E-state index in [0.29, 0.717) is 0 Å². The second-order valence-electron chi connectivity index (χ2n) is 7.32. The largest absolute Gasteiger partial charge is 0.385 e. The number of rotatable bonds is 7. The van der Waals surface area contributed by atoms with Gasteiger partial charge in [-0.05, 0) is 67.9 Å². The van der Waals surface area contributed by atoms with Crippen molar-refractivity contribution in [3.05, 3.63) is 77.9 Å². The molecule has 3 nitrogen and oxygen atoms in total. The van der Waals surface area contributed by atoms with Gasteiger partial charge in [0.1, 0.15) is 11.6 Å². The minimum absolute atomic E-state index is 0.224. The van der Waals surface area contributed by atoms with Crippen molar-refractivity contribution in [2.45, 2.75) is 47.1 Å². The molecule has 0 aliphatic carbocycles. The number of hydrogen-bond acceptors (Lipinski definition) is 2. The molecule has 1 N–H and O–H groups in total. The van der Waals surface area contributed by atoms with Crippen LogP contribution in [0, 0.1) is 12.7 Å². The molecule has 5 heteroatoms. The van der Waals surface area contributed by atoms with Gasteiger partial charge >= 0.3 is 0 Å². The maximum absolute atomic E-state index is 12.9. The van der Waals surface area contributed by atoms with Crippen LogP contribution in [0.4, 0.5) is 10.1 Å². The van der Waals surface area contributed by atoms with E-state index in [0.717, 1.165) is 30.9 Å². The van der Waals surface area contributed by atoms with E-state index >= 15 is 0 Å². The second kappa shape index (κ2) is 12.3. The molecule has 0 amide bonds. The fourth-order valence-electron chi connectivity index (χ4n) is 2.86. The van der Waals surface area contributed by atoms with Crippen LogP contribution in [-0.2, 0) is 6.54 Å². The first kappa shape index (κ1) is 23.8. The molecule has 1 atom stereocenters. The Bertz CT molecular complexity index is 945. The van der Waals surface area contributed by atoms with E-state index < -0.39 is 0 Å². The van der Waals surface area contributed by atoms with Gasteiger partial charge in [0.15, 0.2) is 0 Å². The van der Waals surface area contributed by atoms with Crippen LogP contribution in [0.1, 0.15) is 39.2 Å². The number of halogens is 1. The van der Waals surface area contributed by atoms with Gasteiger partial charge < -0.3 is 9.88 Å². The van der Waals surface area contributed by atoms with Crippen LogP contribution in [0.3, 0.4) is 0 Å². The summed E-state index contributed by atoms with van der Waals surface area (Å²) in [5.74, 6) is 0.647. The van der Waals surface area contributed by atoms with E-state index in [2.05, 4.69) is 76.1 Å². The van der Waals surface area contributed by atoms with Gasteiger partial charge in [-0.15, -0.1) is 9.24 Å². The lowest BCUT2D eigenvalue weighted by Gasteiger charge is -2.08.